The van der Waals surface area contributed by atoms with Crippen molar-refractivity contribution in [2.45, 2.75) is 31.0 Å². The molecule has 0 bridgehead atoms. The zero-order valence-electron chi connectivity index (χ0n) is 10.4. The highest BCUT2D eigenvalue weighted by Crippen LogP contribution is 2.35. The van der Waals surface area contributed by atoms with Gasteiger partial charge in [-0.2, -0.15) is 13.2 Å². The molecule has 0 amide bonds. The number of aromatic nitrogens is 2. The fourth-order valence-electron chi connectivity index (χ4n) is 1.96. The largest absolute Gasteiger partial charge is 0.451 e. The van der Waals surface area contributed by atoms with E-state index in [0.29, 0.717) is 12.8 Å². The van der Waals surface area contributed by atoms with Crippen molar-refractivity contribution in [1.82, 2.24) is 9.97 Å². The molecule has 0 radical (unpaired) electrons. The lowest BCUT2D eigenvalue weighted by atomic mass is 9.77. The summed E-state index contributed by atoms with van der Waals surface area (Å²) in [6.45, 7) is -0.132. The lowest BCUT2D eigenvalue weighted by Gasteiger charge is -2.41. The van der Waals surface area contributed by atoms with Crippen LogP contribution in [0.15, 0.2) is 6.07 Å². The minimum Gasteiger partial charge on any atom is -0.394 e. The molecule has 8 heteroatoms. The van der Waals surface area contributed by atoms with E-state index in [1.54, 1.807) is 0 Å². The number of aliphatic hydroxyl groups is 1. The normalized spacial score (nSPS) is 17.7. The van der Waals surface area contributed by atoms with Gasteiger partial charge in [-0.25, -0.2) is 9.97 Å². The zero-order chi connectivity index (χ0) is 14.1. The highest BCUT2D eigenvalue weighted by atomic mass is 19.4. The Morgan fingerprint density at radius 3 is 2.37 bits per heavy atom. The van der Waals surface area contributed by atoms with Crippen LogP contribution >= 0.6 is 0 Å². The van der Waals surface area contributed by atoms with Gasteiger partial charge in [-0.3, -0.25) is 0 Å². The van der Waals surface area contributed by atoms with Gasteiger partial charge in [-0.1, -0.05) is 0 Å². The number of nitrogens with zero attached hydrogens (tertiary/aromatic N) is 2. The Bertz CT molecular complexity index is 454. The molecule has 1 aliphatic rings. The van der Waals surface area contributed by atoms with Crippen molar-refractivity contribution >= 4 is 11.6 Å². The fraction of sp³-hybridized carbons (Fsp3) is 0.636. The van der Waals surface area contributed by atoms with Crippen LogP contribution in [0, 0.1) is 0 Å². The Balaban J connectivity index is 2.29. The van der Waals surface area contributed by atoms with Gasteiger partial charge in [0.2, 0.25) is 5.82 Å². The molecule has 1 aromatic rings. The number of hydrogen-bond donors (Lipinski definition) is 3. The van der Waals surface area contributed by atoms with Gasteiger partial charge in [0, 0.05) is 13.1 Å². The van der Waals surface area contributed by atoms with Crippen molar-refractivity contribution in [3.8, 4) is 0 Å². The summed E-state index contributed by atoms with van der Waals surface area (Å²) in [6, 6.07) is 1.39. The third kappa shape index (κ3) is 2.89. The maximum atomic E-state index is 12.7. The Morgan fingerprint density at radius 1 is 1.32 bits per heavy atom. The summed E-state index contributed by atoms with van der Waals surface area (Å²) < 4.78 is 38.0. The van der Waals surface area contributed by atoms with E-state index in [-0.39, 0.29) is 18.2 Å². The van der Waals surface area contributed by atoms with Crippen molar-refractivity contribution in [1.29, 1.82) is 0 Å². The van der Waals surface area contributed by atoms with E-state index in [2.05, 4.69) is 20.6 Å². The first-order chi connectivity index (χ1) is 8.88. The summed E-state index contributed by atoms with van der Waals surface area (Å²) in [5.41, 5.74) is -0.553. The van der Waals surface area contributed by atoms with Gasteiger partial charge in [0.15, 0.2) is 0 Å². The molecule has 106 valence electrons. The Kier molecular flexibility index (Phi) is 3.53. The van der Waals surface area contributed by atoms with Crippen molar-refractivity contribution in [3.63, 3.8) is 0 Å². The number of halogens is 3. The molecule has 5 nitrogen and oxygen atoms in total. The number of hydrogen-bond acceptors (Lipinski definition) is 5. The van der Waals surface area contributed by atoms with Crippen molar-refractivity contribution in [3.05, 3.63) is 11.9 Å². The number of rotatable bonds is 4. The molecule has 19 heavy (non-hydrogen) atoms. The predicted molar refractivity (Wildman–Crippen MR) is 63.9 cm³/mol. The Morgan fingerprint density at radius 2 is 1.95 bits per heavy atom. The molecule has 1 aromatic heterocycles. The molecule has 0 saturated heterocycles. The molecule has 1 aliphatic carbocycles. The van der Waals surface area contributed by atoms with Crippen LogP contribution in [0.1, 0.15) is 25.1 Å². The minimum absolute atomic E-state index is 0.0698. The highest BCUT2D eigenvalue weighted by Gasteiger charge is 2.39. The number of anilines is 2. The summed E-state index contributed by atoms with van der Waals surface area (Å²) >= 11 is 0. The van der Waals surface area contributed by atoms with Gasteiger partial charge in [-0.05, 0) is 19.3 Å². The summed E-state index contributed by atoms with van der Waals surface area (Å²) in [6.07, 6.45) is -2.24. The standard InChI is InChI=1S/C11H15F3N4O/c1-15-7-5-8(17-9(16-7)11(12,13)14)18-10(6-19)3-2-4-10/h5,19H,2-4,6H2,1H3,(H2,15,16,17,18). The molecular formula is C11H15F3N4O. The summed E-state index contributed by atoms with van der Waals surface area (Å²) in [5, 5.41) is 14.8. The van der Waals surface area contributed by atoms with Crippen LogP contribution in [0.5, 0.6) is 0 Å². The molecule has 3 N–H and O–H groups in total. The summed E-state index contributed by atoms with van der Waals surface area (Å²) in [7, 11) is 1.48. The molecule has 0 spiro atoms. The van der Waals surface area contributed by atoms with E-state index in [1.807, 2.05) is 0 Å². The van der Waals surface area contributed by atoms with Crippen molar-refractivity contribution in [2.24, 2.45) is 0 Å². The quantitative estimate of drug-likeness (QED) is 0.783. The summed E-state index contributed by atoms with van der Waals surface area (Å²) in [5.74, 6) is -1.05. The van der Waals surface area contributed by atoms with E-state index in [9.17, 15) is 18.3 Å². The fourth-order valence-corrected chi connectivity index (χ4v) is 1.96. The third-order valence-electron chi connectivity index (χ3n) is 3.24. The van der Waals surface area contributed by atoms with E-state index in [1.165, 1.54) is 13.1 Å². The first-order valence-corrected chi connectivity index (χ1v) is 5.92. The first-order valence-electron chi connectivity index (χ1n) is 5.92. The van der Waals surface area contributed by atoms with Crippen molar-refractivity contribution < 1.29 is 18.3 Å². The number of nitrogens with one attached hydrogen (secondary N) is 2. The van der Waals surface area contributed by atoms with Crippen LogP contribution in [-0.4, -0.2) is 34.3 Å². The van der Waals surface area contributed by atoms with E-state index in [0.717, 1.165) is 6.42 Å². The molecule has 2 rings (SSSR count). The van der Waals surface area contributed by atoms with E-state index < -0.39 is 17.5 Å². The number of aliphatic hydroxyl groups excluding tert-OH is 1. The topological polar surface area (TPSA) is 70.1 Å². The van der Waals surface area contributed by atoms with Gasteiger partial charge < -0.3 is 15.7 Å². The molecule has 1 heterocycles. The lowest BCUT2D eigenvalue weighted by Crippen LogP contribution is -2.48. The van der Waals surface area contributed by atoms with Crippen LogP contribution in [0.4, 0.5) is 24.8 Å². The van der Waals surface area contributed by atoms with Crippen LogP contribution in [-0.2, 0) is 6.18 Å². The minimum atomic E-state index is -4.60. The summed E-state index contributed by atoms with van der Waals surface area (Å²) in [4.78, 5) is 6.84. The first kappa shape index (κ1) is 13.9. The highest BCUT2D eigenvalue weighted by molar-refractivity contribution is 5.49. The second-order valence-corrected chi connectivity index (χ2v) is 4.63. The predicted octanol–water partition coefficient (Wildman–Crippen LogP) is 1.86. The van der Waals surface area contributed by atoms with Gasteiger partial charge in [0.05, 0.1) is 12.1 Å². The average Bonchev–Trinajstić information content (AvgIpc) is 2.32. The van der Waals surface area contributed by atoms with Gasteiger partial charge in [0.25, 0.3) is 0 Å². The SMILES string of the molecule is CNc1cc(NC2(CO)CCC2)nc(C(F)(F)F)n1. The van der Waals surface area contributed by atoms with Crippen LogP contribution in [0.3, 0.4) is 0 Å². The van der Waals surface area contributed by atoms with Crippen LogP contribution in [0.25, 0.3) is 0 Å². The van der Waals surface area contributed by atoms with E-state index >= 15 is 0 Å². The maximum absolute atomic E-state index is 12.7. The van der Waals surface area contributed by atoms with Gasteiger partial charge >= 0.3 is 6.18 Å². The van der Waals surface area contributed by atoms with Gasteiger partial charge in [0.1, 0.15) is 11.6 Å². The molecule has 0 unspecified atom stereocenters. The maximum Gasteiger partial charge on any atom is 0.451 e. The molecule has 1 fully saturated rings. The molecule has 1 saturated carbocycles. The zero-order valence-corrected chi connectivity index (χ0v) is 10.4. The van der Waals surface area contributed by atoms with Gasteiger partial charge in [-0.15, -0.1) is 0 Å². The number of alkyl halides is 3. The average molecular weight is 276 g/mol. The van der Waals surface area contributed by atoms with E-state index in [4.69, 9.17) is 0 Å². The third-order valence-corrected chi connectivity index (χ3v) is 3.24. The molecule has 0 atom stereocenters. The molecule has 0 aromatic carbocycles. The monoisotopic (exact) mass is 276 g/mol. The molecule has 0 aliphatic heterocycles. The second-order valence-electron chi connectivity index (χ2n) is 4.63. The smallest absolute Gasteiger partial charge is 0.394 e. The van der Waals surface area contributed by atoms with Crippen molar-refractivity contribution in [2.75, 3.05) is 24.3 Å². The lowest BCUT2D eigenvalue weighted by molar-refractivity contribution is -0.144. The van der Waals surface area contributed by atoms with Crippen LogP contribution in [0.2, 0.25) is 0 Å². The van der Waals surface area contributed by atoms with Crippen LogP contribution < -0.4 is 10.6 Å². The molecular weight excluding hydrogens is 261 g/mol. The second kappa shape index (κ2) is 4.84. The Labute approximate surface area is 108 Å². The Hall–Kier alpha value is -1.57.